The van der Waals surface area contributed by atoms with Crippen LogP contribution in [0.25, 0.3) is 0 Å². The van der Waals surface area contributed by atoms with E-state index in [0.29, 0.717) is 42.7 Å². The molecule has 43 heavy (non-hydrogen) atoms. The number of nitrogens with zero attached hydrogens (tertiary/aromatic N) is 1. The third-order valence-electron chi connectivity index (χ3n) is 6.36. The molecule has 2 aromatic rings. The number of hydrogen-bond acceptors (Lipinski definition) is 6. The summed E-state index contributed by atoms with van der Waals surface area (Å²) >= 11 is 0. The summed E-state index contributed by atoms with van der Waals surface area (Å²) in [5.41, 5.74) is -0.744. The monoisotopic (exact) mass is 629 g/mol. The zero-order chi connectivity index (χ0) is 32.1. The summed E-state index contributed by atoms with van der Waals surface area (Å²) in [5, 5.41) is 0. The first-order valence-electron chi connectivity index (χ1n) is 14.4. The molecule has 1 aliphatic rings. The van der Waals surface area contributed by atoms with Crippen LogP contribution in [-0.2, 0) is 37.3 Å². The lowest BCUT2D eigenvalue weighted by Gasteiger charge is -2.32. The maximum absolute atomic E-state index is 14.0. The van der Waals surface area contributed by atoms with Gasteiger partial charge in [-0.25, -0.2) is 9.38 Å². The Morgan fingerprint density at radius 1 is 0.930 bits per heavy atom. The minimum absolute atomic E-state index is 0.0256. The Kier molecular flexibility index (Phi) is 11.7. The van der Waals surface area contributed by atoms with Crippen LogP contribution in [0.15, 0.2) is 41.4 Å². The van der Waals surface area contributed by atoms with Gasteiger partial charge in [0.1, 0.15) is 23.7 Å². The number of hydrogen-bond donors (Lipinski definition) is 0. The summed E-state index contributed by atoms with van der Waals surface area (Å²) in [6, 6.07) is 8.90. The highest BCUT2D eigenvalue weighted by atomic mass is 31.2. The normalized spacial score (nSPS) is 17.7. The Balaban J connectivity index is 1.68. The van der Waals surface area contributed by atoms with Gasteiger partial charge in [0.25, 0.3) is 0 Å². The molecular weight excluding hydrogens is 585 g/mol. The minimum atomic E-state index is -4.61. The first kappa shape index (κ1) is 35.2. The van der Waals surface area contributed by atoms with E-state index < -0.39 is 37.1 Å². The van der Waals surface area contributed by atoms with E-state index in [4.69, 9.17) is 23.0 Å². The summed E-state index contributed by atoms with van der Waals surface area (Å²) in [6.45, 7) is 15.4. The van der Waals surface area contributed by atoms with Crippen LogP contribution in [0, 0.1) is 12.7 Å². The first-order chi connectivity index (χ1) is 19.8. The predicted octanol–water partition coefficient (Wildman–Crippen LogP) is 9.16. The van der Waals surface area contributed by atoms with Crippen molar-refractivity contribution in [2.75, 3.05) is 19.8 Å². The quantitative estimate of drug-likeness (QED) is 0.126. The molecule has 0 aromatic heterocycles. The topological polar surface area (TPSA) is 58.5 Å². The number of ether oxygens (including phenoxy) is 2. The smallest absolute Gasteiger partial charge is 0.419 e. The maximum Gasteiger partial charge on any atom is 0.419 e. The van der Waals surface area contributed by atoms with Crippen molar-refractivity contribution in [3.8, 4) is 5.75 Å². The van der Waals surface area contributed by atoms with Crippen molar-refractivity contribution in [1.82, 2.24) is 0 Å². The summed E-state index contributed by atoms with van der Waals surface area (Å²) in [5.74, 6) is -0.0885. The van der Waals surface area contributed by atoms with Gasteiger partial charge < -0.3 is 23.0 Å². The standard InChI is InChI=1S/C32H44F4NO5P/c1-22-11-13-27(33)25(18-22)10-9-17-38-28-14-12-24(19-26(28)32(34,35)36)15-16-31(20-39-23(2)37-31)21-40-43(41-29(3,4)5)42-30(6,7)8/h11-14,18-19H,9-10,15-17,20-21H2,1-8H3. The Labute approximate surface area is 254 Å². The highest BCUT2D eigenvalue weighted by Crippen LogP contribution is 2.48. The van der Waals surface area contributed by atoms with Crippen LogP contribution < -0.4 is 4.74 Å². The van der Waals surface area contributed by atoms with Crippen LogP contribution in [0.5, 0.6) is 5.75 Å². The third kappa shape index (κ3) is 11.6. The zero-order valence-electron chi connectivity index (χ0n) is 26.4. The van der Waals surface area contributed by atoms with E-state index in [0.717, 1.165) is 11.6 Å². The zero-order valence-corrected chi connectivity index (χ0v) is 27.3. The van der Waals surface area contributed by atoms with Crippen molar-refractivity contribution in [2.24, 2.45) is 4.99 Å². The van der Waals surface area contributed by atoms with E-state index in [1.165, 1.54) is 12.1 Å². The summed E-state index contributed by atoms with van der Waals surface area (Å²) < 4.78 is 85.5. The Hall–Kier alpha value is -2.26. The third-order valence-corrected chi connectivity index (χ3v) is 8.09. The number of benzene rings is 2. The molecule has 1 unspecified atom stereocenters. The van der Waals surface area contributed by atoms with Crippen molar-refractivity contribution < 1.29 is 40.6 Å². The van der Waals surface area contributed by atoms with Gasteiger partial charge in [-0.1, -0.05) is 23.8 Å². The van der Waals surface area contributed by atoms with Gasteiger partial charge in [0.2, 0.25) is 0 Å². The lowest BCUT2D eigenvalue weighted by Crippen LogP contribution is -2.35. The first-order valence-corrected chi connectivity index (χ1v) is 15.5. The van der Waals surface area contributed by atoms with Crippen molar-refractivity contribution in [3.63, 3.8) is 0 Å². The van der Waals surface area contributed by atoms with Crippen LogP contribution in [-0.4, -0.2) is 42.5 Å². The molecule has 0 fully saturated rings. The Morgan fingerprint density at radius 2 is 1.60 bits per heavy atom. The molecule has 0 amide bonds. The number of rotatable bonds is 13. The van der Waals surface area contributed by atoms with E-state index in [-0.39, 0.29) is 31.4 Å². The molecule has 2 aromatic carbocycles. The second-order valence-corrected chi connectivity index (χ2v) is 14.0. The van der Waals surface area contributed by atoms with Crippen LogP contribution in [0.3, 0.4) is 0 Å². The average molecular weight is 630 g/mol. The molecule has 0 spiro atoms. The van der Waals surface area contributed by atoms with Crippen LogP contribution in [0.2, 0.25) is 0 Å². The largest absolute Gasteiger partial charge is 0.493 e. The van der Waals surface area contributed by atoms with Gasteiger partial charge in [-0.15, -0.1) is 0 Å². The van der Waals surface area contributed by atoms with Gasteiger partial charge >= 0.3 is 14.8 Å². The summed E-state index contributed by atoms with van der Waals surface area (Å²) in [4.78, 5) is 4.67. The molecule has 0 saturated heterocycles. The van der Waals surface area contributed by atoms with Gasteiger partial charge in [0.05, 0.1) is 30.0 Å². The molecule has 240 valence electrons. The van der Waals surface area contributed by atoms with Crippen molar-refractivity contribution in [1.29, 1.82) is 0 Å². The summed E-state index contributed by atoms with van der Waals surface area (Å²) in [6.07, 6.45) is -3.18. The second kappa shape index (κ2) is 14.2. The number of alkyl halides is 3. The van der Waals surface area contributed by atoms with Gasteiger partial charge in [0.15, 0.2) is 5.90 Å². The van der Waals surface area contributed by atoms with Gasteiger partial charge in [-0.3, -0.25) is 0 Å². The van der Waals surface area contributed by atoms with Gasteiger partial charge in [-0.2, -0.15) is 13.2 Å². The fourth-order valence-electron chi connectivity index (χ4n) is 4.40. The van der Waals surface area contributed by atoms with E-state index in [1.807, 2.05) is 48.5 Å². The van der Waals surface area contributed by atoms with Gasteiger partial charge in [0, 0.05) is 6.92 Å². The van der Waals surface area contributed by atoms with E-state index in [1.54, 1.807) is 25.1 Å². The molecule has 11 heteroatoms. The lowest BCUT2D eigenvalue weighted by molar-refractivity contribution is -0.139. The van der Waals surface area contributed by atoms with Crippen molar-refractivity contribution >= 4 is 14.5 Å². The fourth-order valence-corrected chi connectivity index (χ4v) is 5.78. The SMILES string of the molecule is CC1=NC(CCc2ccc(OCCCc3cc(C)ccc3F)c(C(F)(F)F)c2)(COP(OC(C)(C)C)OC(C)(C)C)CO1. The van der Waals surface area contributed by atoms with Crippen molar-refractivity contribution in [3.05, 3.63) is 64.5 Å². The average Bonchev–Trinajstić information content (AvgIpc) is 3.25. The van der Waals surface area contributed by atoms with E-state index in [9.17, 15) is 17.6 Å². The maximum atomic E-state index is 14.0. The molecule has 1 heterocycles. The van der Waals surface area contributed by atoms with Crippen LogP contribution >= 0.6 is 8.60 Å². The fraction of sp³-hybridized carbons (Fsp3) is 0.594. The van der Waals surface area contributed by atoms with Gasteiger partial charge in [-0.05, 0) is 103 Å². The summed E-state index contributed by atoms with van der Waals surface area (Å²) in [7, 11) is -1.73. The Morgan fingerprint density at radius 3 is 2.19 bits per heavy atom. The molecule has 0 saturated carbocycles. The van der Waals surface area contributed by atoms with Crippen LogP contribution in [0.4, 0.5) is 17.6 Å². The molecule has 0 bridgehead atoms. The minimum Gasteiger partial charge on any atom is -0.493 e. The highest BCUT2D eigenvalue weighted by molar-refractivity contribution is 7.41. The molecule has 1 atom stereocenters. The van der Waals surface area contributed by atoms with Crippen molar-refractivity contribution in [2.45, 2.75) is 104 Å². The highest BCUT2D eigenvalue weighted by Gasteiger charge is 2.39. The molecule has 1 aliphatic heterocycles. The van der Waals surface area contributed by atoms with E-state index in [2.05, 4.69) is 4.99 Å². The molecular formula is C32H44F4NO5P. The number of aliphatic imine (C=N–C) groups is 1. The molecule has 0 N–H and O–H groups in total. The van der Waals surface area contributed by atoms with E-state index >= 15 is 0 Å². The lowest BCUT2D eigenvalue weighted by atomic mass is 9.93. The molecule has 6 nitrogen and oxygen atoms in total. The number of aryl methyl sites for hydroxylation is 3. The van der Waals surface area contributed by atoms with Crippen LogP contribution in [0.1, 0.15) is 83.6 Å². The predicted molar refractivity (Wildman–Crippen MR) is 161 cm³/mol. The molecule has 0 aliphatic carbocycles. The number of halogens is 4. The molecule has 3 rings (SSSR count). The Bertz CT molecular complexity index is 1240. The second-order valence-electron chi connectivity index (χ2n) is 12.9. The molecule has 0 radical (unpaired) electrons.